The van der Waals surface area contributed by atoms with Crippen molar-refractivity contribution in [1.82, 2.24) is 5.32 Å². The molecule has 0 saturated carbocycles. The average molecular weight is 275 g/mol. The van der Waals surface area contributed by atoms with Crippen LogP contribution in [-0.2, 0) is 4.74 Å². The Kier molecular flexibility index (Phi) is 4.94. The van der Waals surface area contributed by atoms with Crippen LogP contribution in [0.1, 0.15) is 32.6 Å². The van der Waals surface area contributed by atoms with Gasteiger partial charge in [0.05, 0.1) is 24.4 Å². The summed E-state index contributed by atoms with van der Waals surface area (Å²) in [5.74, 6) is 2.27. The quantitative estimate of drug-likeness (QED) is 0.691. The van der Waals surface area contributed by atoms with E-state index in [2.05, 4.69) is 5.32 Å². The van der Waals surface area contributed by atoms with Crippen LogP contribution in [0.15, 0.2) is 0 Å². The smallest absolute Gasteiger partial charge is 0.0795 e. The number of hydrogen-bond donors (Lipinski definition) is 3. The van der Waals surface area contributed by atoms with Crippen LogP contribution in [0.5, 0.6) is 0 Å². The third kappa shape index (κ3) is 3.02. The van der Waals surface area contributed by atoms with Crippen LogP contribution in [0, 0.1) is 0 Å². The fourth-order valence-electron chi connectivity index (χ4n) is 2.91. The van der Waals surface area contributed by atoms with Gasteiger partial charge in [-0.25, -0.2) is 0 Å². The second-order valence-corrected chi connectivity index (χ2v) is 6.72. The highest BCUT2D eigenvalue weighted by atomic mass is 32.2. The molecule has 2 fully saturated rings. The molecule has 2 saturated heterocycles. The van der Waals surface area contributed by atoms with Crippen LogP contribution in [-0.4, -0.2) is 58.7 Å². The standard InChI is InChI=1S/C13H25NO3S/c1-2-12(8-15,9-16)14-11-3-5-17-13(7-11)4-6-18-10-13/h11,14-16H,2-10H2,1H3. The van der Waals surface area contributed by atoms with E-state index in [9.17, 15) is 10.2 Å². The monoisotopic (exact) mass is 275 g/mol. The van der Waals surface area contributed by atoms with Gasteiger partial charge in [-0.3, -0.25) is 0 Å². The van der Waals surface area contributed by atoms with E-state index in [-0.39, 0.29) is 18.8 Å². The zero-order valence-corrected chi connectivity index (χ0v) is 12.0. The largest absolute Gasteiger partial charge is 0.394 e. The third-order valence-corrected chi connectivity index (χ3v) is 5.58. The Balaban J connectivity index is 1.96. The highest BCUT2D eigenvalue weighted by molar-refractivity contribution is 7.99. The van der Waals surface area contributed by atoms with Gasteiger partial charge in [0.15, 0.2) is 0 Å². The Morgan fingerprint density at radius 3 is 2.78 bits per heavy atom. The number of nitrogens with one attached hydrogen (secondary N) is 1. The molecule has 2 atom stereocenters. The van der Waals surface area contributed by atoms with Crippen molar-refractivity contribution in [3.8, 4) is 0 Å². The topological polar surface area (TPSA) is 61.7 Å². The van der Waals surface area contributed by atoms with Crippen molar-refractivity contribution >= 4 is 11.8 Å². The van der Waals surface area contributed by atoms with E-state index >= 15 is 0 Å². The first-order valence-electron chi connectivity index (χ1n) is 6.89. The van der Waals surface area contributed by atoms with E-state index in [1.807, 2.05) is 18.7 Å². The molecule has 0 aliphatic carbocycles. The first-order chi connectivity index (χ1) is 8.67. The van der Waals surface area contributed by atoms with Crippen molar-refractivity contribution in [3.05, 3.63) is 0 Å². The number of ether oxygens (including phenoxy) is 1. The number of aliphatic hydroxyl groups excluding tert-OH is 2. The van der Waals surface area contributed by atoms with Crippen molar-refractivity contribution in [3.63, 3.8) is 0 Å². The van der Waals surface area contributed by atoms with Gasteiger partial charge in [-0.15, -0.1) is 0 Å². The lowest BCUT2D eigenvalue weighted by Crippen LogP contribution is -2.59. The van der Waals surface area contributed by atoms with E-state index in [0.29, 0.717) is 6.04 Å². The molecule has 0 amide bonds. The maximum Gasteiger partial charge on any atom is 0.0795 e. The van der Waals surface area contributed by atoms with Gasteiger partial charge in [0.1, 0.15) is 0 Å². The minimum atomic E-state index is -0.533. The highest BCUT2D eigenvalue weighted by Crippen LogP contribution is 2.38. The van der Waals surface area contributed by atoms with E-state index in [1.165, 1.54) is 5.75 Å². The zero-order valence-electron chi connectivity index (χ0n) is 11.2. The summed E-state index contributed by atoms with van der Waals surface area (Å²) < 4.78 is 5.99. The summed E-state index contributed by atoms with van der Waals surface area (Å²) in [6.07, 6.45) is 3.84. The molecule has 1 spiro atoms. The molecule has 5 heteroatoms. The van der Waals surface area contributed by atoms with Gasteiger partial charge in [-0.05, 0) is 31.4 Å². The summed E-state index contributed by atoms with van der Waals surface area (Å²) >= 11 is 1.97. The SMILES string of the molecule is CCC(CO)(CO)NC1CCOC2(CCSC2)C1. The van der Waals surface area contributed by atoms with Gasteiger partial charge in [0, 0.05) is 18.4 Å². The van der Waals surface area contributed by atoms with Crippen molar-refractivity contribution in [1.29, 1.82) is 0 Å². The minimum Gasteiger partial charge on any atom is -0.394 e. The Morgan fingerprint density at radius 2 is 2.22 bits per heavy atom. The van der Waals surface area contributed by atoms with Gasteiger partial charge in [-0.1, -0.05) is 6.92 Å². The minimum absolute atomic E-state index is 0.0148. The molecular weight excluding hydrogens is 250 g/mol. The molecule has 0 aromatic carbocycles. The molecule has 0 radical (unpaired) electrons. The van der Waals surface area contributed by atoms with Crippen LogP contribution in [0.2, 0.25) is 0 Å². The number of thioether (sulfide) groups is 1. The lowest BCUT2D eigenvalue weighted by atomic mass is 9.87. The molecule has 18 heavy (non-hydrogen) atoms. The summed E-state index contributed by atoms with van der Waals surface area (Å²) in [6.45, 7) is 2.76. The van der Waals surface area contributed by atoms with E-state index < -0.39 is 5.54 Å². The van der Waals surface area contributed by atoms with Crippen molar-refractivity contribution in [2.75, 3.05) is 31.3 Å². The zero-order chi connectivity index (χ0) is 13.1. The molecule has 2 aliphatic rings. The van der Waals surface area contributed by atoms with Gasteiger partial charge in [0.2, 0.25) is 0 Å². The molecule has 106 valence electrons. The summed E-state index contributed by atoms with van der Waals surface area (Å²) in [5.41, 5.74) is -0.486. The van der Waals surface area contributed by atoms with Crippen molar-refractivity contribution in [2.45, 2.75) is 49.8 Å². The molecule has 2 heterocycles. The first-order valence-corrected chi connectivity index (χ1v) is 8.04. The number of aliphatic hydroxyl groups is 2. The molecular formula is C13H25NO3S. The first kappa shape index (κ1) is 14.6. The van der Waals surface area contributed by atoms with Crippen LogP contribution in [0.25, 0.3) is 0 Å². The van der Waals surface area contributed by atoms with Crippen LogP contribution >= 0.6 is 11.8 Å². The van der Waals surface area contributed by atoms with E-state index in [1.54, 1.807) is 0 Å². The molecule has 2 unspecified atom stereocenters. The summed E-state index contributed by atoms with van der Waals surface area (Å²) in [6, 6.07) is 0.344. The van der Waals surface area contributed by atoms with E-state index in [4.69, 9.17) is 4.74 Å². The Morgan fingerprint density at radius 1 is 1.44 bits per heavy atom. The molecule has 0 bridgehead atoms. The fourth-order valence-corrected chi connectivity index (χ4v) is 4.29. The van der Waals surface area contributed by atoms with Gasteiger partial charge < -0.3 is 20.3 Å². The maximum atomic E-state index is 9.51. The second kappa shape index (κ2) is 6.09. The van der Waals surface area contributed by atoms with Crippen molar-refractivity contribution < 1.29 is 14.9 Å². The third-order valence-electron chi connectivity index (χ3n) is 4.35. The Bertz CT molecular complexity index is 257. The fraction of sp³-hybridized carbons (Fsp3) is 1.00. The molecule has 2 rings (SSSR count). The van der Waals surface area contributed by atoms with Crippen LogP contribution < -0.4 is 5.32 Å². The summed E-state index contributed by atoms with van der Waals surface area (Å²) in [5, 5.41) is 22.5. The average Bonchev–Trinajstić information content (AvgIpc) is 2.84. The summed E-state index contributed by atoms with van der Waals surface area (Å²) in [7, 11) is 0. The molecule has 3 N–H and O–H groups in total. The Hall–Kier alpha value is 0.190. The molecule has 4 nitrogen and oxygen atoms in total. The Labute approximate surface area is 113 Å². The van der Waals surface area contributed by atoms with Gasteiger partial charge in [0.25, 0.3) is 0 Å². The molecule has 2 aliphatic heterocycles. The normalized spacial score (nSPS) is 33.2. The van der Waals surface area contributed by atoms with Crippen LogP contribution in [0.4, 0.5) is 0 Å². The lowest BCUT2D eigenvalue weighted by molar-refractivity contribution is -0.0773. The van der Waals surface area contributed by atoms with Crippen molar-refractivity contribution in [2.24, 2.45) is 0 Å². The van der Waals surface area contributed by atoms with Gasteiger partial charge in [-0.2, -0.15) is 11.8 Å². The van der Waals surface area contributed by atoms with E-state index in [0.717, 1.165) is 38.0 Å². The highest BCUT2D eigenvalue weighted by Gasteiger charge is 2.42. The summed E-state index contributed by atoms with van der Waals surface area (Å²) in [4.78, 5) is 0. The van der Waals surface area contributed by atoms with Crippen LogP contribution in [0.3, 0.4) is 0 Å². The predicted octanol–water partition coefficient (Wildman–Crippen LogP) is 0.764. The maximum absolute atomic E-state index is 9.51. The lowest BCUT2D eigenvalue weighted by Gasteiger charge is -2.42. The number of hydrogen-bond acceptors (Lipinski definition) is 5. The molecule has 0 aromatic rings. The number of rotatable bonds is 5. The van der Waals surface area contributed by atoms with Gasteiger partial charge >= 0.3 is 0 Å². The second-order valence-electron chi connectivity index (χ2n) is 5.62. The predicted molar refractivity (Wildman–Crippen MR) is 74.0 cm³/mol. The molecule has 0 aromatic heterocycles.